The highest BCUT2D eigenvalue weighted by Gasteiger charge is 2.32. The Morgan fingerprint density at radius 2 is 1.89 bits per heavy atom. The lowest BCUT2D eigenvalue weighted by atomic mass is 9.76. The third-order valence-corrected chi connectivity index (χ3v) is 4.30. The zero-order valence-corrected chi connectivity index (χ0v) is 12.6. The van der Waals surface area contributed by atoms with Crippen LogP contribution in [0.3, 0.4) is 0 Å². The van der Waals surface area contributed by atoms with Crippen molar-refractivity contribution in [1.82, 2.24) is 5.32 Å². The lowest BCUT2D eigenvalue weighted by Gasteiger charge is -2.37. The number of rotatable bonds is 8. The minimum Gasteiger partial charge on any atom is -0.354 e. The number of hydrogen-bond donors (Lipinski definition) is 1. The lowest BCUT2D eigenvalue weighted by molar-refractivity contribution is -0.136. The van der Waals surface area contributed by atoms with Crippen molar-refractivity contribution in [3.8, 4) is 0 Å². The Hall–Kier alpha value is -0.120. The van der Waals surface area contributed by atoms with Gasteiger partial charge in [-0.1, -0.05) is 33.1 Å². The van der Waals surface area contributed by atoms with E-state index in [2.05, 4.69) is 19.2 Å². The van der Waals surface area contributed by atoms with Crippen molar-refractivity contribution in [2.75, 3.05) is 20.8 Å². The molecule has 1 aliphatic rings. The van der Waals surface area contributed by atoms with Crippen LogP contribution in [-0.2, 0) is 9.47 Å². The third-order valence-electron chi connectivity index (χ3n) is 4.30. The second-order valence-corrected chi connectivity index (χ2v) is 5.52. The summed E-state index contributed by atoms with van der Waals surface area (Å²) in [5, 5.41) is 3.64. The van der Waals surface area contributed by atoms with Gasteiger partial charge in [-0.05, 0) is 37.6 Å². The van der Waals surface area contributed by atoms with Crippen LogP contribution in [0.2, 0.25) is 0 Å². The van der Waals surface area contributed by atoms with Gasteiger partial charge in [0.25, 0.3) is 0 Å². The van der Waals surface area contributed by atoms with Gasteiger partial charge in [0.2, 0.25) is 0 Å². The average molecular weight is 257 g/mol. The number of methoxy groups -OCH3 is 2. The summed E-state index contributed by atoms with van der Waals surface area (Å²) in [6.07, 6.45) is 7.73. The molecule has 1 aliphatic carbocycles. The smallest absolute Gasteiger partial charge is 0.172 e. The molecule has 108 valence electrons. The van der Waals surface area contributed by atoms with Crippen LogP contribution in [0.15, 0.2) is 0 Å². The highest BCUT2D eigenvalue weighted by atomic mass is 16.7. The van der Waals surface area contributed by atoms with E-state index in [9.17, 15) is 0 Å². The molecular formula is C15H31NO2. The highest BCUT2D eigenvalue weighted by Crippen LogP contribution is 2.34. The number of nitrogens with one attached hydrogen (secondary N) is 1. The standard InChI is InChI=1S/C15H31NO2/c1-5-10-16-14(15(17-3)18-4)13-9-7-8-12(6-2)11-13/h12-16H,5-11H2,1-4H3. The van der Waals surface area contributed by atoms with Crippen LogP contribution in [0.25, 0.3) is 0 Å². The van der Waals surface area contributed by atoms with Gasteiger partial charge >= 0.3 is 0 Å². The summed E-state index contributed by atoms with van der Waals surface area (Å²) in [6.45, 7) is 5.56. The third kappa shape index (κ3) is 4.52. The van der Waals surface area contributed by atoms with Gasteiger partial charge in [0.05, 0.1) is 6.04 Å². The van der Waals surface area contributed by atoms with Crippen LogP contribution in [0.1, 0.15) is 52.4 Å². The average Bonchev–Trinajstić information content (AvgIpc) is 2.43. The minimum atomic E-state index is -0.114. The molecule has 0 aromatic heterocycles. The van der Waals surface area contributed by atoms with Crippen molar-refractivity contribution < 1.29 is 9.47 Å². The Bertz CT molecular complexity index is 207. The van der Waals surface area contributed by atoms with Crippen LogP contribution >= 0.6 is 0 Å². The van der Waals surface area contributed by atoms with Gasteiger partial charge in [0.15, 0.2) is 6.29 Å². The number of ether oxygens (including phenoxy) is 2. The normalized spacial score (nSPS) is 26.5. The molecule has 3 unspecified atom stereocenters. The SMILES string of the molecule is CCCNC(C1CCCC(CC)C1)C(OC)OC. The van der Waals surface area contributed by atoms with Crippen molar-refractivity contribution in [2.45, 2.75) is 64.7 Å². The first-order valence-electron chi connectivity index (χ1n) is 7.55. The first-order valence-corrected chi connectivity index (χ1v) is 7.55. The molecule has 1 rings (SSSR count). The maximum absolute atomic E-state index is 5.50. The van der Waals surface area contributed by atoms with E-state index in [1.807, 2.05) is 0 Å². The molecule has 3 heteroatoms. The molecule has 0 amide bonds. The zero-order chi connectivity index (χ0) is 13.4. The molecule has 0 aromatic rings. The Labute approximate surface area is 113 Å². The Morgan fingerprint density at radius 3 is 2.44 bits per heavy atom. The van der Waals surface area contributed by atoms with E-state index < -0.39 is 0 Å². The van der Waals surface area contributed by atoms with Crippen LogP contribution in [0, 0.1) is 11.8 Å². The molecule has 0 aromatic carbocycles. The van der Waals surface area contributed by atoms with Crippen LogP contribution < -0.4 is 5.32 Å². The molecule has 0 radical (unpaired) electrons. The van der Waals surface area contributed by atoms with Crippen molar-refractivity contribution in [2.24, 2.45) is 11.8 Å². The quantitative estimate of drug-likeness (QED) is 0.677. The molecule has 1 saturated carbocycles. The maximum atomic E-state index is 5.50. The second kappa shape index (κ2) is 8.89. The Morgan fingerprint density at radius 1 is 1.17 bits per heavy atom. The first kappa shape index (κ1) is 15.9. The largest absolute Gasteiger partial charge is 0.354 e. The van der Waals surface area contributed by atoms with Gasteiger partial charge in [0, 0.05) is 14.2 Å². The molecule has 0 saturated heterocycles. The first-order chi connectivity index (χ1) is 8.76. The van der Waals surface area contributed by atoms with E-state index in [4.69, 9.17) is 9.47 Å². The van der Waals surface area contributed by atoms with E-state index in [-0.39, 0.29) is 6.29 Å². The van der Waals surface area contributed by atoms with Gasteiger partial charge in [0.1, 0.15) is 0 Å². The van der Waals surface area contributed by atoms with Crippen molar-refractivity contribution >= 4 is 0 Å². The molecular weight excluding hydrogens is 226 g/mol. The zero-order valence-electron chi connectivity index (χ0n) is 12.6. The van der Waals surface area contributed by atoms with E-state index in [1.165, 1.54) is 32.1 Å². The molecule has 0 heterocycles. The van der Waals surface area contributed by atoms with Crippen LogP contribution in [0.4, 0.5) is 0 Å². The van der Waals surface area contributed by atoms with Gasteiger partial charge in [-0.25, -0.2) is 0 Å². The van der Waals surface area contributed by atoms with Crippen LogP contribution in [-0.4, -0.2) is 33.1 Å². The van der Waals surface area contributed by atoms with Gasteiger partial charge in [-0.2, -0.15) is 0 Å². The topological polar surface area (TPSA) is 30.5 Å². The van der Waals surface area contributed by atoms with E-state index in [0.29, 0.717) is 12.0 Å². The predicted molar refractivity (Wildman–Crippen MR) is 75.6 cm³/mol. The minimum absolute atomic E-state index is 0.114. The monoisotopic (exact) mass is 257 g/mol. The summed E-state index contributed by atoms with van der Waals surface area (Å²) in [5.41, 5.74) is 0. The molecule has 0 bridgehead atoms. The fraction of sp³-hybridized carbons (Fsp3) is 1.00. The molecule has 0 spiro atoms. The van der Waals surface area contributed by atoms with Crippen molar-refractivity contribution in [1.29, 1.82) is 0 Å². The summed E-state index contributed by atoms with van der Waals surface area (Å²) < 4.78 is 11.0. The molecule has 3 atom stereocenters. The predicted octanol–water partition coefficient (Wildman–Crippen LogP) is 3.19. The molecule has 18 heavy (non-hydrogen) atoms. The van der Waals surface area contributed by atoms with E-state index in [0.717, 1.165) is 18.9 Å². The van der Waals surface area contributed by atoms with Gasteiger partial charge in [-0.15, -0.1) is 0 Å². The summed E-state index contributed by atoms with van der Waals surface area (Å²) in [6, 6.07) is 0.342. The summed E-state index contributed by atoms with van der Waals surface area (Å²) >= 11 is 0. The van der Waals surface area contributed by atoms with E-state index >= 15 is 0 Å². The fourth-order valence-corrected chi connectivity index (χ4v) is 3.22. The Kier molecular flexibility index (Phi) is 7.87. The van der Waals surface area contributed by atoms with Gasteiger partial charge < -0.3 is 14.8 Å². The van der Waals surface area contributed by atoms with Crippen molar-refractivity contribution in [3.63, 3.8) is 0 Å². The second-order valence-electron chi connectivity index (χ2n) is 5.52. The molecule has 0 aliphatic heterocycles. The molecule has 1 fully saturated rings. The molecule has 1 N–H and O–H groups in total. The van der Waals surface area contributed by atoms with E-state index in [1.54, 1.807) is 14.2 Å². The highest BCUT2D eigenvalue weighted by molar-refractivity contribution is 4.84. The summed E-state index contributed by atoms with van der Waals surface area (Å²) in [5.74, 6) is 1.59. The lowest BCUT2D eigenvalue weighted by Crippen LogP contribution is -2.48. The van der Waals surface area contributed by atoms with Gasteiger partial charge in [-0.3, -0.25) is 0 Å². The maximum Gasteiger partial charge on any atom is 0.172 e. The van der Waals surface area contributed by atoms with Crippen molar-refractivity contribution in [3.05, 3.63) is 0 Å². The fourth-order valence-electron chi connectivity index (χ4n) is 3.22. The summed E-state index contributed by atoms with van der Waals surface area (Å²) in [4.78, 5) is 0. The summed E-state index contributed by atoms with van der Waals surface area (Å²) in [7, 11) is 3.49. The van der Waals surface area contributed by atoms with Crippen LogP contribution in [0.5, 0.6) is 0 Å². The Balaban J connectivity index is 2.61. The number of hydrogen-bond acceptors (Lipinski definition) is 3. The molecule has 3 nitrogen and oxygen atoms in total.